The van der Waals surface area contributed by atoms with Gasteiger partial charge in [-0.15, -0.1) is 0 Å². The minimum atomic E-state index is 0.439. The summed E-state index contributed by atoms with van der Waals surface area (Å²) in [4.78, 5) is 11.3. The van der Waals surface area contributed by atoms with Crippen molar-refractivity contribution in [1.29, 1.82) is 0 Å². The minimum Gasteiger partial charge on any atom is -0.381 e. The van der Waals surface area contributed by atoms with Crippen molar-refractivity contribution in [2.75, 3.05) is 30.4 Å². The molecule has 2 heterocycles. The summed E-state index contributed by atoms with van der Waals surface area (Å²) in [5, 5.41) is 3.58. The van der Waals surface area contributed by atoms with Gasteiger partial charge in [0.1, 0.15) is 18.0 Å². The first-order valence-corrected chi connectivity index (χ1v) is 8.61. The molecule has 3 rings (SSSR count). The highest BCUT2D eigenvalue weighted by Crippen LogP contribution is 2.25. The molecule has 0 aromatic carbocycles. The third kappa shape index (κ3) is 3.88. The summed E-state index contributed by atoms with van der Waals surface area (Å²) in [6.07, 6.45) is 9.29. The maximum Gasteiger partial charge on any atom is 0.134 e. The molecule has 0 bridgehead atoms. The third-order valence-electron chi connectivity index (χ3n) is 4.99. The lowest BCUT2D eigenvalue weighted by Gasteiger charge is -2.32. The zero-order valence-corrected chi connectivity index (χ0v) is 13.8. The van der Waals surface area contributed by atoms with E-state index in [0.717, 1.165) is 56.3 Å². The van der Waals surface area contributed by atoms with Crippen molar-refractivity contribution < 1.29 is 4.74 Å². The lowest BCUT2D eigenvalue weighted by Crippen LogP contribution is -2.35. The van der Waals surface area contributed by atoms with Crippen LogP contribution in [0.15, 0.2) is 12.4 Å². The van der Waals surface area contributed by atoms with Crippen molar-refractivity contribution in [3.63, 3.8) is 0 Å². The Morgan fingerprint density at radius 1 is 1.18 bits per heavy atom. The van der Waals surface area contributed by atoms with Crippen molar-refractivity contribution in [3.8, 4) is 0 Å². The van der Waals surface area contributed by atoms with Crippen molar-refractivity contribution >= 4 is 11.6 Å². The molecule has 1 unspecified atom stereocenters. The Hall–Kier alpha value is -1.36. The second kappa shape index (κ2) is 7.27. The van der Waals surface area contributed by atoms with Crippen LogP contribution in [0.3, 0.4) is 0 Å². The van der Waals surface area contributed by atoms with Gasteiger partial charge in [0, 0.05) is 32.3 Å². The van der Waals surface area contributed by atoms with E-state index in [1.807, 2.05) is 7.11 Å². The second-order valence-electron chi connectivity index (χ2n) is 6.81. The number of rotatable bonds is 4. The Bertz CT molecular complexity index is 473. The van der Waals surface area contributed by atoms with E-state index in [1.54, 1.807) is 6.33 Å². The van der Waals surface area contributed by atoms with E-state index in [1.165, 1.54) is 12.8 Å². The number of nitrogens with zero attached hydrogens (tertiary/aromatic N) is 3. The smallest absolute Gasteiger partial charge is 0.134 e. The van der Waals surface area contributed by atoms with E-state index >= 15 is 0 Å². The van der Waals surface area contributed by atoms with Crippen LogP contribution < -0.4 is 10.2 Å². The monoisotopic (exact) mass is 304 g/mol. The molecular formula is C17H28N4O. The Morgan fingerprint density at radius 3 is 2.73 bits per heavy atom. The van der Waals surface area contributed by atoms with Crippen molar-refractivity contribution in [3.05, 3.63) is 12.4 Å². The highest BCUT2D eigenvalue weighted by molar-refractivity contribution is 5.49. The van der Waals surface area contributed by atoms with E-state index in [4.69, 9.17) is 4.74 Å². The van der Waals surface area contributed by atoms with Crippen LogP contribution in [0.25, 0.3) is 0 Å². The number of piperidine rings is 1. The van der Waals surface area contributed by atoms with Crippen LogP contribution >= 0.6 is 0 Å². The second-order valence-corrected chi connectivity index (χ2v) is 6.81. The molecule has 1 aromatic heterocycles. The van der Waals surface area contributed by atoms with Gasteiger partial charge in [0.05, 0.1) is 6.10 Å². The van der Waals surface area contributed by atoms with Gasteiger partial charge in [-0.3, -0.25) is 0 Å². The largest absolute Gasteiger partial charge is 0.381 e. The Morgan fingerprint density at radius 2 is 2.00 bits per heavy atom. The van der Waals surface area contributed by atoms with Gasteiger partial charge in [-0.05, 0) is 44.4 Å². The predicted molar refractivity (Wildman–Crippen MR) is 89.3 cm³/mol. The number of hydrogen-bond donors (Lipinski definition) is 1. The molecule has 0 radical (unpaired) electrons. The highest BCUT2D eigenvalue weighted by atomic mass is 16.5. The van der Waals surface area contributed by atoms with Crippen LogP contribution in [-0.4, -0.2) is 42.3 Å². The lowest BCUT2D eigenvalue weighted by molar-refractivity contribution is 0.0681. The topological polar surface area (TPSA) is 50.3 Å². The molecule has 0 spiro atoms. The first-order valence-electron chi connectivity index (χ1n) is 8.61. The Balaban J connectivity index is 1.59. The van der Waals surface area contributed by atoms with Crippen LogP contribution in [0.2, 0.25) is 0 Å². The molecule has 22 heavy (non-hydrogen) atoms. The zero-order valence-electron chi connectivity index (χ0n) is 13.8. The molecule has 1 saturated heterocycles. The van der Waals surface area contributed by atoms with Gasteiger partial charge >= 0.3 is 0 Å². The van der Waals surface area contributed by atoms with Crippen molar-refractivity contribution in [2.24, 2.45) is 5.92 Å². The molecule has 5 nitrogen and oxygen atoms in total. The predicted octanol–water partition coefficient (Wildman–Crippen LogP) is 3.08. The van der Waals surface area contributed by atoms with Gasteiger partial charge in [0.15, 0.2) is 0 Å². The van der Waals surface area contributed by atoms with Crippen LogP contribution in [0.1, 0.15) is 45.4 Å². The first kappa shape index (κ1) is 15.5. The zero-order chi connectivity index (χ0) is 15.4. The number of nitrogens with one attached hydrogen (secondary N) is 1. The van der Waals surface area contributed by atoms with E-state index in [-0.39, 0.29) is 0 Å². The van der Waals surface area contributed by atoms with Crippen LogP contribution in [0.5, 0.6) is 0 Å². The average Bonchev–Trinajstić information content (AvgIpc) is 2.56. The summed E-state index contributed by atoms with van der Waals surface area (Å²) in [5.41, 5.74) is 0. The van der Waals surface area contributed by atoms with Gasteiger partial charge < -0.3 is 15.0 Å². The SMILES string of the molecule is COC1CCC(Nc2cc(N3CCCC(C)C3)ncn2)CC1. The van der Waals surface area contributed by atoms with Crippen LogP contribution in [-0.2, 0) is 4.74 Å². The molecule has 0 amide bonds. The normalized spacial score (nSPS) is 29.4. The fourth-order valence-corrected chi connectivity index (χ4v) is 3.65. The fraction of sp³-hybridized carbons (Fsp3) is 0.765. The molecule has 1 saturated carbocycles. The maximum absolute atomic E-state index is 5.44. The standard InChI is InChI=1S/C17H28N4O/c1-13-4-3-9-21(11-13)17-10-16(18-12-19-17)20-14-5-7-15(22-2)8-6-14/h10,12-15H,3-9,11H2,1-2H3,(H,18,19,20). The summed E-state index contributed by atoms with van der Waals surface area (Å²) in [7, 11) is 1.81. The number of aromatic nitrogens is 2. The third-order valence-corrected chi connectivity index (χ3v) is 4.99. The minimum absolute atomic E-state index is 0.439. The van der Waals surface area contributed by atoms with E-state index in [0.29, 0.717) is 12.1 Å². The molecular weight excluding hydrogens is 276 g/mol. The molecule has 5 heteroatoms. The summed E-state index contributed by atoms with van der Waals surface area (Å²) < 4.78 is 5.44. The lowest BCUT2D eigenvalue weighted by atomic mass is 9.93. The Labute approximate surface area is 133 Å². The van der Waals surface area contributed by atoms with E-state index in [2.05, 4.69) is 33.2 Å². The summed E-state index contributed by atoms with van der Waals surface area (Å²) in [5.74, 6) is 2.78. The molecule has 2 aliphatic rings. The van der Waals surface area contributed by atoms with Gasteiger partial charge in [0.25, 0.3) is 0 Å². The molecule has 1 N–H and O–H groups in total. The Kier molecular flexibility index (Phi) is 5.13. The van der Waals surface area contributed by atoms with Gasteiger partial charge in [-0.25, -0.2) is 9.97 Å². The molecule has 1 aliphatic carbocycles. The van der Waals surface area contributed by atoms with E-state index < -0.39 is 0 Å². The van der Waals surface area contributed by atoms with Crippen molar-refractivity contribution in [2.45, 2.75) is 57.6 Å². The van der Waals surface area contributed by atoms with Crippen molar-refractivity contribution in [1.82, 2.24) is 9.97 Å². The summed E-state index contributed by atoms with van der Waals surface area (Å²) >= 11 is 0. The number of ether oxygens (including phenoxy) is 1. The summed E-state index contributed by atoms with van der Waals surface area (Å²) in [6.45, 7) is 4.54. The molecule has 1 aromatic rings. The summed E-state index contributed by atoms with van der Waals surface area (Å²) in [6, 6.07) is 2.62. The van der Waals surface area contributed by atoms with E-state index in [9.17, 15) is 0 Å². The number of methoxy groups -OCH3 is 1. The molecule has 1 aliphatic heterocycles. The van der Waals surface area contributed by atoms with Crippen LogP contribution in [0.4, 0.5) is 11.6 Å². The molecule has 2 fully saturated rings. The molecule has 1 atom stereocenters. The fourth-order valence-electron chi connectivity index (χ4n) is 3.65. The molecule has 122 valence electrons. The van der Waals surface area contributed by atoms with Gasteiger partial charge in [-0.2, -0.15) is 0 Å². The van der Waals surface area contributed by atoms with Crippen LogP contribution in [0, 0.1) is 5.92 Å². The number of hydrogen-bond acceptors (Lipinski definition) is 5. The van der Waals surface area contributed by atoms with Gasteiger partial charge in [0.2, 0.25) is 0 Å². The number of anilines is 2. The average molecular weight is 304 g/mol. The van der Waals surface area contributed by atoms with Gasteiger partial charge in [-0.1, -0.05) is 6.92 Å². The maximum atomic E-state index is 5.44. The quantitative estimate of drug-likeness (QED) is 0.926. The highest BCUT2D eigenvalue weighted by Gasteiger charge is 2.22. The first-order chi connectivity index (χ1) is 10.7.